The number of carbonyl (C=O) groups excluding carboxylic acids is 2. The van der Waals surface area contributed by atoms with Gasteiger partial charge in [0.25, 0.3) is 11.7 Å². The Morgan fingerprint density at radius 1 is 1.10 bits per heavy atom. The Balaban J connectivity index is 1.60. The van der Waals surface area contributed by atoms with Gasteiger partial charge in [-0.2, -0.15) is 0 Å². The topological polar surface area (TPSA) is 52.7 Å². The van der Waals surface area contributed by atoms with Crippen LogP contribution in [0.1, 0.15) is 29.6 Å². The fourth-order valence-corrected chi connectivity index (χ4v) is 3.77. The molecule has 21 heavy (non-hydrogen) atoms. The Morgan fingerprint density at radius 3 is 2.86 bits per heavy atom. The highest BCUT2D eigenvalue weighted by molar-refractivity contribution is 6.51. The Labute approximate surface area is 123 Å². The van der Waals surface area contributed by atoms with Crippen LogP contribution in [-0.2, 0) is 4.79 Å². The average molecular weight is 285 g/mol. The molecule has 3 heterocycles. The number of ketones is 1. The van der Waals surface area contributed by atoms with Crippen LogP contribution in [0.3, 0.4) is 0 Å². The molecule has 1 aromatic rings. The van der Waals surface area contributed by atoms with E-state index in [2.05, 4.69) is 15.1 Å². The molecule has 3 aliphatic rings. The van der Waals surface area contributed by atoms with E-state index >= 15 is 0 Å². The molecule has 1 unspecified atom stereocenters. The summed E-state index contributed by atoms with van der Waals surface area (Å²) >= 11 is 0. The van der Waals surface area contributed by atoms with E-state index in [0.29, 0.717) is 17.3 Å². The molecule has 1 atom stereocenters. The lowest BCUT2D eigenvalue weighted by Crippen LogP contribution is -2.36. The number of hydrogen-bond acceptors (Lipinski definition) is 4. The van der Waals surface area contributed by atoms with Crippen LogP contribution in [-0.4, -0.2) is 48.8 Å². The number of nitrogens with one attached hydrogen (secondary N) is 1. The first-order valence-corrected chi connectivity index (χ1v) is 7.71. The third-order valence-electron chi connectivity index (χ3n) is 4.87. The van der Waals surface area contributed by atoms with Crippen molar-refractivity contribution >= 4 is 23.1 Å². The maximum Gasteiger partial charge on any atom is 0.296 e. The predicted molar refractivity (Wildman–Crippen MR) is 80.8 cm³/mol. The lowest BCUT2D eigenvalue weighted by molar-refractivity contribution is -0.112. The second-order valence-electron chi connectivity index (χ2n) is 6.14. The maximum atomic E-state index is 11.7. The molecule has 1 N–H and O–H groups in total. The monoisotopic (exact) mass is 285 g/mol. The number of anilines is 2. The molecule has 2 fully saturated rings. The summed E-state index contributed by atoms with van der Waals surface area (Å²) in [6.45, 7) is 4.49. The van der Waals surface area contributed by atoms with Crippen molar-refractivity contribution in [1.82, 2.24) is 4.90 Å². The van der Waals surface area contributed by atoms with E-state index in [1.54, 1.807) is 6.07 Å². The average Bonchev–Trinajstić information content (AvgIpc) is 2.97. The lowest BCUT2D eigenvalue weighted by Gasteiger charge is -2.27. The van der Waals surface area contributed by atoms with E-state index in [0.717, 1.165) is 18.8 Å². The molecule has 1 amide bonds. The molecule has 5 nitrogen and oxygen atoms in total. The summed E-state index contributed by atoms with van der Waals surface area (Å²) in [6.07, 6.45) is 3.74. The molecule has 3 aliphatic heterocycles. The normalized spacial score (nSPS) is 25.5. The fraction of sp³-hybridized carbons (Fsp3) is 0.500. The molecule has 0 saturated carbocycles. The van der Waals surface area contributed by atoms with Gasteiger partial charge in [-0.25, -0.2) is 0 Å². The summed E-state index contributed by atoms with van der Waals surface area (Å²) in [5.41, 5.74) is 2.27. The van der Waals surface area contributed by atoms with Gasteiger partial charge in [-0.3, -0.25) is 14.5 Å². The van der Waals surface area contributed by atoms with Crippen molar-refractivity contribution in [2.24, 2.45) is 0 Å². The van der Waals surface area contributed by atoms with Crippen molar-refractivity contribution in [3.8, 4) is 0 Å². The zero-order valence-corrected chi connectivity index (χ0v) is 12.0. The number of nitrogens with zero attached hydrogens (tertiary/aromatic N) is 2. The summed E-state index contributed by atoms with van der Waals surface area (Å²) in [6, 6.07) is 6.35. The van der Waals surface area contributed by atoms with Gasteiger partial charge in [-0.05, 0) is 44.0 Å². The number of amides is 1. The minimum atomic E-state index is -0.514. The van der Waals surface area contributed by atoms with Gasteiger partial charge in [0.05, 0.1) is 11.3 Å². The summed E-state index contributed by atoms with van der Waals surface area (Å²) < 4.78 is 0. The molecule has 0 spiro atoms. The van der Waals surface area contributed by atoms with Crippen molar-refractivity contribution in [2.45, 2.75) is 25.3 Å². The number of fused-ring (bicyclic) bond motifs is 2. The molecule has 0 aromatic heterocycles. The molecule has 2 saturated heterocycles. The van der Waals surface area contributed by atoms with Crippen LogP contribution in [0.5, 0.6) is 0 Å². The molecule has 0 bridgehead atoms. The zero-order valence-electron chi connectivity index (χ0n) is 12.0. The van der Waals surface area contributed by atoms with Crippen LogP contribution >= 0.6 is 0 Å². The molecule has 0 radical (unpaired) electrons. The molecule has 0 aliphatic carbocycles. The number of rotatable bonds is 1. The Morgan fingerprint density at radius 2 is 1.95 bits per heavy atom. The predicted octanol–water partition coefficient (Wildman–Crippen LogP) is 1.50. The van der Waals surface area contributed by atoms with Crippen molar-refractivity contribution in [1.29, 1.82) is 0 Å². The van der Waals surface area contributed by atoms with E-state index in [4.69, 9.17) is 0 Å². The maximum absolute atomic E-state index is 11.7. The molecule has 4 rings (SSSR count). The summed E-state index contributed by atoms with van der Waals surface area (Å²) in [5.74, 6) is -0.936. The van der Waals surface area contributed by atoms with E-state index < -0.39 is 11.7 Å². The van der Waals surface area contributed by atoms with E-state index in [9.17, 15) is 9.59 Å². The first-order chi connectivity index (χ1) is 10.2. The zero-order chi connectivity index (χ0) is 14.4. The molecular weight excluding hydrogens is 266 g/mol. The third kappa shape index (κ3) is 2.12. The van der Waals surface area contributed by atoms with Crippen molar-refractivity contribution in [2.75, 3.05) is 36.4 Å². The highest BCUT2D eigenvalue weighted by Gasteiger charge is 2.31. The van der Waals surface area contributed by atoms with Crippen molar-refractivity contribution in [3.63, 3.8) is 0 Å². The quantitative estimate of drug-likeness (QED) is 0.794. The second-order valence-corrected chi connectivity index (χ2v) is 6.14. The minimum Gasteiger partial charge on any atom is -0.370 e. The van der Waals surface area contributed by atoms with Gasteiger partial charge < -0.3 is 10.2 Å². The molecular formula is C16H19N3O2. The smallest absolute Gasteiger partial charge is 0.296 e. The molecule has 110 valence electrons. The minimum absolute atomic E-state index is 0.422. The van der Waals surface area contributed by atoms with Crippen LogP contribution in [0.15, 0.2) is 18.2 Å². The second kappa shape index (κ2) is 4.84. The van der Waals surface area contributed by atoms with E-state index in [1.165, 1.54) is 32.4 Å². The van der Waals surface area contributed by atoms with Gasteiger partial charge in [0.2, 0.25) is 0 Å². The Hall–Kier alpha value is -1.88. The summed E-state index contributed by atoms with van der Waals surface area (Å²) in [7, 11) is 0. The van der Waals surface area contributed by atoms with Gasteiger partial charge in [0.1, 0.15) is 0 Å². The van der Waals surface area contributed by atoms with Crippen LogP contribution in [0.2, 0.25) is 0 Å². The Kier molecular flexibility index (Phi) is 2.96. The van der Waals surface area contributed by atoms with E-state index in [-0.39, 0.29) is 0 Å². The highest BCUT2D eigenvalue weighted by atomic mass is 16.2. The van der Waals surface area contributed by atoms with Gasteiger partial charge in [0, 0.05) is 31.4 Å². The standard InChI is InChI=1S/C16H19N3O2/c20-15-13-5-4-11(9-14(13)17-16(15)21)19-8-2-7-18-6-1-3-12(18)10-19/h4-5,9,12H,1-3,6-8,10H2,(H,17,20,21). The summed E-state index contributed by atoms with van der Waals surface area (Å²) in [4.78, 5) is 28.1. The van der Waals surface area contributed by atoms with Crippen LogP contribution in [0.4, 0.5) is 11.4 Å². The van der Waals surface area contributed by atoms with Gasteiger partial charge in [-0.15, -0.1) is 0 Å². The molecule has 1 aromatic carbocycles. The third-order valence-corrected chi connectivity index (χ3v) is 4.87. The first-order valence-electron chi connectivity index (χ1n) is 7.71. The first kappa shape index (κ1) is 12.8. The van der Waals surface area contributed by atoms with Crippen LogP contribution in [0, 0.1) is 0 Å². The highest BCUT2D eigenvalue weighted by Crippen LogP contribution is 2.30. The Bertz CT molecular complexity index is 614. The summed E-state index contributed by atoms with van der Waals surface area (Å²) in [5, 5.41) is 2.66. The van der Waals surface area contributed by atoms with E-state index in [1.807, 2.05) is 12.1 Å². The number of carbonyl (C=O) groups is 2. The van der Waals surface area contributed by atoms with Gasteiger partial charge >= 0.3 is 0 Å². The SMILES string of the molecule is O=C1Nc2cc(N3CCCN4CCCC4C3)ccc2C1=O. The fourth-order valence-electron chi connectivity index (χ4n) is 3.77. The van der Waals surface area contributed by atoms with Crippen molar-refractivity contribution < 1.29 is 9.59 Å². The van der Waals surface area contributed by atoms with Crippen LogP contribution < -0.4 is 10.2 Å². The van der Waals surface area contributed by atoms with Crippen molar-refractivity contribution in [3.05, 3.63) is 23.8 Å². The largest absolute Gasteiger partial charge is 0.370 e. The number of Topliss-reactive ketones (excluding diaryl/α,β-unsaturated/α-hetero) is 1. The lowest BCUT2D eigenvalue weighted by atomic mass is 10.1. The van der Waals surface area contributed by atoms with Gasteiger partial charge in [-0.1, -0.05) is 0 Å². The van der Waals surface area contributed by atoms with Crippen LogP contribution in [0.25, 0.3) is 0 Å². The molecule has 5 heteroatoms. The van der Waals surface area contributed by atoms with Gasteiger partial charge in [0.15, 0.2) is 0 Å². The number of hydrogen-bond donors (Lipinski definition) is 1. The number of benzene rings is 1.